The fourth-order valence-corrected chi connectivity index (χ4v) is 6.29. The third-order valence-corrected chi connectivity index (χ3v) is 8.35. The monoisotopic (exact) mass is 394 g/mol. The second-order valence-electron chi connectivity index (χ2n) is 10.2. The van der Waals surface area contributed by atoms with E-state index in [9.17, 15) is 10.2 Å². The summed E-state index contributed by atoms with van der Waals surface area (Å²) in [5, 5.41) is 21.5. The molecule has 0 saturated heterocycles. The maximum atomic E-state index is 10.8. The molecule has 2 N–H and O–H groups in total. The zero-order chi connectivity index (χ0) is 20.0. The van der Waals surface area contributed by atoms with Gasteiger partial charge in [0.05, 0.1) is 0 Å². The highest BCUT2D eigenvalue weighted by Gasteiger charge is 2.48. The molecular weight excluding hydrogens is 344 g/mol. The van der Waals surface area contributed by atoms with Crippen LogP contribution < -0.4 is 0 Å². The zero-order valence-corrected chi connectivity index (χ0v) is 18.9. The molecule has 0 aromatic rings. The number of aliphatic hydroxyl groups excluding tert-OH is 2. The van der Waals surface area contributed by atoms with E-state index in [0.717, 1.165) is 25.7 Å². The Morgan fingerprint density at radius 3 is 0.679 bits per heavy atom. The molecule has 0 unspecified atom stereocenters. The van der Waals surface area contributed by atoms with Gasteiger partial charge in [-0.1, -0.05) is 116 Å². The predicted octanol–water partition coefficient (Wildman–Crippen LogP) is 7.55. The third-order valence-electron chi connectivity index (χ3n) is 8.35. The van der Waals surface area contributed by atoms with Gasteiger partial charge in [-0.05, 0) is 25.7 Å². The van der Waals surface area contributed by atoms with E-state index in [1.807, 2.05) is 0 Å². The molecule has 0 aliphatic heterocycles. The van der Waals surface area contributed by atoms with Crippen molar-refractivity contribution in [3.05, 3.63) is 0 Å². The van der Waals surface area contributed by atoms with Crippen LogP contribution in [0.25, 0.3) is 0 Å². The van der Waals surface area contributed by atoms with Gasteiger partial charge in [0.1, 0.15) is 0 Å². The Kier molecular flexibility index (Phi) is 12.1. The zero-order valence-electron chi connectivity index (χ0n) is 18.9. The van der Waals surface area contributed by atoms with Crippen molar-refractivity contribution in [3.8, 4) is 0 Å². The smallest absolute Gasteiger partial charge is 0.0493 e. The van der Waals surface area contributed by atoms with E-state index >= 15 is 0 Å². The summed E-state index contributed by atoms with van der Waals surface area (Å²) in [5.41, 5.74) is -0.101. The summed E-state index contributed by atoms with van der Waals surface area (Å²) in [7, 11) is 0. The van der Waals surface area contributed by atoms with Crippen LogP contribution in [0.3, 0.4) is 0 Å². The van der Waals surface area contributed by atoms with E-state index in [1.165, 1.54) is 116 Å². The number of rotatable bonds is 3. The summed E-state index contributed by atoms with van der Waals surface area (Å²) in [6.45, 7) is 0.571. The Balaban J connectivity index is 2.17. The number of hydrogen-bond donors (Lipinski definition) is 2. The van der Waals surface area contributed by atoms with Crippen molar-refractivity contribution in [1.29, 1.82) is 0 Å². The van der Waals surface area contributed by atoms with E-state index in [0.29, 0.717) is 0 Å². The predicted molar refractivity (Wildman–Crippen MR) is 121 cm³/mol. The molecule has 0 spiro atoms. The fraction of sp³-hybridized carbons (Fsp3) is 1.00. The highest BCUT2D eigenvalue weighted by molar-refractivity contribution is 4.98. The first-order valence-electron chi connectivity index (χ1n) is 13.0. The molecule has 0 aromatic heterocycles. The lowest BCUT2D eigenvalue weighted by Gasteiger charge is -2.51. The molecule has 2 aliphatic carbocycles. The van der Waals surface area contributed by atoms with Crippen molar-refractivity contribution in [1.82, 2.24) is 0 Å². The maximum Gasteiger partial charge on any atom is 0.0493 e. The number of aliphatic hydroxyl groups is 2. The largest absolute Gasteiger partial charge is 0.396 e. The summed E-state index contributed by atoms with van der Waals surface area (Å²) in [5.74, 6) is 0. The van der Waals surface area contributed by atoms with Crippen molar-refractivity contribution in [2.45, 2.75) is 141 Å². The molecule has 28 heavy (non-hydrogen) atoms. The minimum absolute atomic E-state index is 0.0505. The summed E-state index contributed by atoms with van der Waals surface area (Å²) in [4.78, 5) is 0. The highest BCUT2D eigenvalue weighted by atomic mass is 16.3. The van der Waals surface area contributed by atoms with Crippen LogP contribution in [-0.2, 0) is 0 Å². The molecule has 2 rings (SSSR count). The summed E-state index contributed by atoms with van der Waals surface area (Å²) >= 11 is 0. The van der Waals surface area contributed by atoms with Crippen LogP contribution in [0.15, 0.2) is 0 Å². The Hall–Kier alpha value is -0.0800. The molecule has 166 valence electrons. The molecule has 0 radical (unpaired) electrons. The van der Waals surface area contributed by atoms with Gasteiger partial charge < -0.3 is 10.2 Å². The van der Waals surface area contributed by atoms with E-state index in [-0.39, 0.29) is 24.0 Å². The van der Waals surface area contributed by atoms with Crippen molar-refractivity contribution in [2.75, 3.05) is 13.2 Å². The quantitative estimate of drug-likeness (QED) is 0.518. The van der Waals surface area contributed by atoms with Gasteiger partial charge in [-0.3, -0.25) is 0 Å². The van der Waals surface area contributed by atoms with Crippen LogP contribution in [0.5, 0.6) is 0 Å². The van der Waals surface area contributed by atoms with Crippen molar-refractivity contribution in [2.24, 2.45) is 10.8 Å². The van der Waals surface area contributed by atoms with Gasteiger partial charge in [0.25, 0.3) is 0 Å². The highest BCUT2D eigenvalue weighted by Crippen LogP contribution is 2.53. The Morgan fingerprint density at radius 2 is 0.500 bits per heavy atom. The summed E-state index contributed by atoms with van der Waals surface area (Å²) < 4.78 is 0. The fourth-order valence-electron chi connectivity index (χ4n) is 6.29. The van der Waals surface area contributed by atoms with E-state index in [1.54, 1.807) is 0 Å². The Bertz CT molecular complexity index is 319. The van der Waals surface area contributed by atoms with Crippen LogP contribution in [0.2, 0.25) is 0 Å². The molecule has 2 saturated carbocycles. The molecule has 2 nitrogen and oxygen atoms in total. The van der Waals surface area contributed by atoms with Gasteiger partial charge in [-0.15, -0.1) is 0 Å². The lowest BCUT2D eigenvalue weighted by atomic mass is 9.55. The summed E-state index contributed by atoms with van der Waals surface area (Å²) in [6.07, 6.45) is 28.5. The Labute approximate surface area is 175 Å². The van der Waals surface area contributed by atoms with E-state index in [2.05, 4.69) is 0 Å². The SMILES string of the molecule is OCC1(C2(CO)CCCCCCCCCCC2)CCCCCCCCCCC1. The third kappa shape index (κ3) is 7.31. The van der Waals surface area contributed by atoms with Crippen LogP contribution in [0.1, 0.15) is 141 Å². The second kappa shape index (κ2) is 14.0. The van der Waals surface area contributed by atoms with Crippen LogP contribution in [0.4, 0.5) is 0 Å². The molecule has 0 heterocycles. The minimum Gasteiger partial charge on any atom is -0.396 e. The topological polar surface area (TPSA) is 40.5 Å². The molecule has 0 amide bonds. The minimum atomic E-state index is -0.0505. The van der Waals surface area contributed by atoms with Crippen molar-refractivity contribution >= 4 is 0 Å². The van der Waals surface area contributed by atoms with E-state index in [4.69, 9.17) is 0 Å². The molecule has 2 heteroatoms. The first-order chi connectivity index (χ1) is 13.8. The van der Waals surface area contributed by atoms with Gasteiger partial charge in [0.2, 0.25) is 0 Å². The van der Waals surface area contributed by atoms with Gasteiger partial charge in [-0.2, -0.15) is 0 Å². The van der Waals surface area contributed by atoms with Crippen LogP contribution in [-0.4, -0.2) is 23.4 Å². The molecular formula is C26H50O2. The molecule has 0 bridgehead atoms. The van der Waals surface area contributed by atoms with Crippen LogP contribution >= 0.6 is 0 Å². The van der Waals surface area contributed by atoms with Gasteiger partial charge in [-0.25, -0.2) is 0 Å². The second-order valence-corrected chi connectivity index (χ2v) is 10.2. The first-order valence-corrected chi connectivity index (χ1v) is 13.0. The van der Waals surface area contributed by atoms with Crippen molar-refractivity contribution < 1.29 is 10.2 Å². The normalized spacial score (nSPS) is 26.8. The molecule has 2 aliphatic rings. The standard InChI is InChI=1S/C26H50O2/c27-23-25(19-15-11-7-3-1-4-8-12-16-20-25)26(24-28)21-17-13-9-5-2-6-10-14-18-22-26/h27-28H,1-24H2. The first kappa shape index (κ1) is 24.2. The average Bonchev–Trinajstić information content (AvgIpc) is 2.70. The lowest BCUT2D eigenvalue weighted by molar-refractivity contribution is -0.0852. The molecule has 0 aromatic carbocycles. The van der Waals surface area contributed by atoms with Gasteiger partial charge in [0.15, 0.2) is 0 Å². The molecule has 0 atom stereocenters. The van der Waals surface area contributed by atoms with Crippen LogP contribution in [0, 0.1) is 10.8 Å². The van der Waals surface area contributed by atoms with Gasteiger partial charge >= 0.3 is 0 Å². The average molecular weight is 395 g/mol. The summed E-state index contributed by atoms with van der Waals surface area (Å²) in [6, 6.07) is 0. The number of hydrogen-bond acceptors (Lipinski definition) is 2. The Morgan fingerprint density at radius 1 is 0.321 bits per heavy atom. The molecule has 2 fully saturated rings. The van der Waals surface area contributed by atoms with Crippen molar-refractivity contribution in [3.63, 3.8) is 0 Å². The van der Waals surface area contributed by atoms with Gasteiger partial charge in [0, 0.05) is 24.0 Å². The van der Waals surface area contributed by atoms with E-state index < -0.39 is 0 Å². The lowest BCUT2D eigenvalue weighted by Crippen LogP contribution is -2.48. The maximum absolute atomic E-state index is 10.8.